The van der Waals surface area contributed by atoms with E-state index in [2.05, 4.69) is 18.1 Å². The molecule has 21 heteroatoms. The Balaban J connectivity index is 2.39. The van der Waals surface area contributed by atoms with Crippen molar-refractivity contribution < 1.29 is 68.5 Å². The summed E-state index contributed by atoms with van der Waals surface area (Å²) in [5.74, 6) is -0.602. The van der Waals surface area contributed by atoms with Crippen molar-refractivity contribution in [2.45, 2.75) is 24.0 Å². The molecule has 1 aliphatic heterocycles. The van der Waals surface area contributed by atoms with Crippen molar-refractivity contribution in [3.8, 4) is 12.3 Å². The highest BCUT2D eigenvalue weighted by molar-refractivity contribution is 7.66. The maximum atomic E-state index is 13.8. The smallest absolute Gasteiger partial charge is 0.386 e. The summed E-state index contributed by atoms with van der Waals surface area (Å²) in [5.41, 5.74) is 0.710. The molecule has 0 saturated carbocycles. The lowest BCUT2D eigenvalue weighted by atomic mass is 9.95. The van der Waals surface area contributed by atoms with E-state index in [-0.39, 0.29) is 4.57 Å². The summed E-state index contributed by atoms with van der Waals surface area (Å²) in [5, 5.41) is 20.9. The van der Waals surface area contributed by atoms with Crippen LogP contribution in [0.1, 0.15) is 8.97 Å². The molecule has 6 atom stereocenters. The van der Waals surface area contributed by atoms with Gasteiger partial charge in [0.15, 0.2) is 23.5 Å². The third-order valence-electron chi connectivity index (χ3n) is 3.51. The minimum Gasteiger partial charge on any atom is -0.386 e. The molecule has 1 aliphatic rings. The first kappa shape index (κ1) is 23.6. The van der Waals surface area contributed by atoms with E-state index in [4.69, 9.17) is 34.3 Å². The zero-order valence-electron chi connectivity index (χ0n) is 17.0. The second kappa shape index (κ2) is 9.01. The molecule has 180 valence electrons. The fourth-order valence-electron chi connectivity index (χ4n) is 2.26. The number of phosphoric ester groups is 1. The number of anilines is 1. The molecule has 8 N–H and O–H groups in total. The molecular weight excluding hydrogens is 510 g/mol. The van der Waals surface area contributed by atoms with Crippen molar-refractivity contribution in [1.29, 1.82) is 0 Å². The number of aliphatic hydroxyl groups is 2. The Kier molecular flexibility index (Phi) is 6.65. The van der Waals surface area contributed by atoms with Gasteiger partial charge in [0.1, 0.15) is 12.2 Å². The van der Waals surface area contributed by atoms with E-state index in [1.54, 1.807) is 5.92 Å². The van der Waals surface area contributed by atoms with Crippen LogP contribution in [0.4, 0.5) is 10.2 Å². The van der Waals surface area contributed by atoms with Crippen LogP contribution in [0, 0.1) is 18.2 Å². The van der Waals surface area contributed by atoms with Crippen molar-refractivity contribution in [2.75, 3.05) is 12.3 Å². The molecule has 2 rings (SSSR count). The van der Waals surface area contributed by atoms with Gasteiger partial charge < -0.3 is 40.3 Å². The molecule has 1 fully saturated rings. The summed E-state index contributed by atoms with van der Waals surface area (Å²) in [4.78, 5) is 50.8. The summed E-state index contributed by atoms with van der Waals surface area (Å²) < 4.78 is 79.3. The summed E-state index contributed by atoms with van der Waals surface area (Å²) in [6.07, 6.45) is -1.99. The van der Waals surface area contributed by atoms with Gasteiger partial charge in [0.25, 0.3) is 0 Å². The molecule has 32 heavy (non-hydrogen) atoms. The standard InChI is InChI=1S/C11H15FN3O14P3/c1-2-11(18)7(16)6(27-9(11)15-3-5(12)8(13)14-10(15)17)4-26-31(22,23)29-32(24,25)28-30(19,20)21/h1,3,6-7,9,16,18H,4H2,(H,22,23)(H,24,25)(H2,13,14,17)(H2,19,20,21)/t6-,7+,9-,11?/m1/s1/i4D2. The van der Waals surface area contributed by atoms with Gasteiger partial charge in [-0.25, -0.2) is 22.9 Å². The summed E-state index contributed by atoms with van der Waals surface area (Å²) >= 11 is 0. The highest BCUT2D eigenvalue weighted by Crippen LogP contribution is 2.66. The number of rotatable bonds is 8. The van der Waals surface area contributed by atoms with Crippen molar-refractivity contribution in [2.24, 2.45) is 0 Å². The summed E-state index contributed by atoms with van der Waals surface area (Å²) in [7, 11) is -17.9. The zero-order valence-corrected chi connectivity index (χ0v) is 17.7. The van der Waals surface area contributed by atoms with Crippen molar-refractivity contribution in [3.63, 3.8) is 0 Å². The highest BCUT2D eigenvalue weighted by atomic mass is 31.3. The Morgan fingerprint density at radius 3 is 2.47 bits per heavy atom. The van der Waals surface area contributed by atoms with Crippen LogP contribution >= 0.6 is 23.5 Å². The molecule has 2 heterocycles. The lowest BCUT2D eigenvalue weighted by Gasteiger charge is -2.26. The van der Waals surface area contributed by atoms with Gasteiger partial charge in [-0.15, -0.1) is 6.42 Å². The quantitative estimate of drug-likeness (QED) is 0.141. The molecule has 0 bridgehead atoms. The SMILES string of the molecule is [2H]C([2H])(OP(=O)(O)OP(=O)(O)OP(=O)(O)O)[C@H]1O[C@@H](n2cc(F)c(N)nc2=O)C(O)(C#C)[C@H]1O. The lowest BCUT2D eigenvalue weighted by molar-refractivity contribution is -0.0764. The molecule has 3 unspecified atom stereocenters. The molecule has 0 radical (unpaired) electrons. The maximum absolute atomic E-state index is 13.8. The Morgan fingerprint density at radius 2 is 1.94 bits per heavy atom. The monoisotopic (exact) mass is 527 g/mol. The minimum atomic E-state index is -6.10. The van der Waals surface area contributed by atoms with Gasteiger partial charge in [-0.05, 0) is 0 Å². The number of terminal acetylenes is 1. The molecule has 0 amide bonds. The Labute approximate surface area is 179 Å². The fraction of sp³-hybridized carbons (Fsp3) is 0.455. The first-order valence-corrected chi connectivity index (χ1v) is 12.1. The van der Waals surface area contributed by atoms with E-state index < -0.39 is 71.4 Å². The van der Waals surface area contributed by atoms with Crippen molar-refractivity contribution in [1.82, 2.24) is 9.55 Å². The van der Waals surface area contributed by atoms with E-state index in [1.165, 1.54) is 0 Å². The van der Waals surface area contributed by atoms with Crippen LogP contribution < -0.4 is 11.4 Å². The van der Waals surface area contributed by atoms with Gasteiger partial charge >= 0.3 is 29.2 Å². The molecule has 1 aromatic heterocycles. The number of aliphatic hydroxyl groups excluding tert-OH is 1. The van der Waals surface area contributed by atoms with Crippen molar-refractivity contribution in [3.05, 3.63) is 22.5 Å². The molecule has 0 spiro atoms. The number of phosphoric acid groups is 3. The second-order valence-electron chi connectivity index (χ2n) is 5.79. The predicted molar refractivity (Wildman–Crippen MR) is 96.4 cm³/mol. The number of ether oxygens (including phenoxy) is 1. The van der Waals surface area contributed by atoms with Gasteiger partial charge in [-0.2, -0.15) is 13.6 Å². The summed E-state index contributed by atoms with van der Waals surface area (Å²) in [6.45, 7) is -3.77. The fourth-order valence-corrected chi connectivity index (χ4v) is 5.14. The largest absolute Gasteiger partial charge is 0.490 e. The van der Waals surface area contributed by atoms with Crippen molar-refractivity contribution >= 4 is 29.3 Å². The Hall–Kier alpha value is -1.54. The second-order valence-corrected chi connectivity index (χ2v) is 10.1. The van der Waals surface area contributed by atoms with Crippen LogP contribution in [-0.4, -0.2) is 63.7 Å². The molecule has 0 aromatic carbocycles. The highest BCUT2D eigenvalue weighted by Gasteiger charge is 2.56. The number of nitrogens with zero attached hydrogens (tertiary/aromatic N) is 2. The maximum Gasteiger partial charge on any atom is 0.490 e. The number of nitrogen functional groups attached to an aromatic ring is 1. The third kappa shape index (κ3) is 6.07. The van der Waals surface area contributed by atoms with Crippen LogP contribution in [0.2, 0.25) is 0 Å². The number of hydrogen-bond acceptors (Lipinski definition) is 12. The molecule has 1 saturated heterocycles. The zero-order chi connectivity index (χ0) is 26.5. The third-order valence-corrected chi connectivity index (χ3v) is 7.17. The lowest BCUT2D eigenvalue weighted by Crippen LogP contribution is -2.47. The van der Waals surface area contributed by atoms with Crippen LogP contribution in [0.3, 0.4) is 0 Å². The van der Waals surface area contributed by atoms with E-state index in [1.807, 2.05) is 0 Å². The van der Waals surface area contributed by atoms with Gasteiger partial charge in [0, 0.05) is 0 Å². The van der Waals surface area contributed by atoms with Crippen LogP contribution in [0.15, 0.2) is 11.0 Å². The molecule has 1 aromatic rings. The number of aromatic nitrogens is 2. The van der Waals surface area contributed by atoms with Gasteiger partial charge in [0.2, 0.25) is 0 Å². The number of hydrogen-bond donors (Lipinski definition) is 7. The first-order chi connectivity index (χ1) is 15.1. The molecule has 0 aliphatic carbocycles. The Bertz CT molecular complexity index is 1220. The first-order valence-electron chi connectivity index (χ1n) is 8.56. The minimum absolute atomic E-state index is 0.176. The average molecular weight is 527 g/mol. The van der Waals surface area contributed by atoms with Crippen LogP contribution in [0.5, 0.6) is 0 Å². The normalized spacial score (nSPS) is 31.1. The number of nitrogens with two attached hydrogens (primary N) is 1. The van der Waals surface area contributed by atoms with E-state index in [0.29, 0.717) is 6.20 Å². The molecular formula is C11H15FN3O14P3. The average Bonchev–Trinajstić information content (AvgIpc) is 2.87. The van der Waals surface area contributed by atoms with Gasteiger partial charge in [0.05, 0.1) is 15.5 Å². The van der Waals surface area contributed by atoms with Crippen LogP contribution in [0.25, 0.3) is 0 Å². The Morgan fingerprint density at radius 1 is 1.34 bits per heavy atom. The topological polar surface area (TPSA) is 270 Å². The van der Waals surface area contributed by atoms with E-state index in [9.17, 15) is 38.0 Å². The van der Waals surface area contributed by atoms with E-state index >= 15 is 0 Å². The molecule has 17 nitrogen and oxygen atoms in total. The van der Waals surface area contributed by atoms with Gasteiger partial charge in [-0.1, -0.05) is 5.92 Å². The van der Waals surface area contributed by atoms with Crippen LogP contribution in [-0.2, 0) is 31.6 Å². The van der Waals surface area contributed by atoms with Gasteiger partial charge in [-0.3, -0.25) is 9.09 Å². The summed E-state index contributed by atoms with van der Waals surface area (Å²) in [6, 6.07) is 0. The predicted octanol–water partition coefficient (Wildman–Crippen LogP) is -2.07. The number of halogens is 1. The van der Waals surface area contributed by atoms with E-state index in [0.717, 1.165) is 0 Å².